The van der Waals surface area contributed by atoms with E-state index in [0.29, 0.717) is 43.9 Å². The molecular formula is C28H33FN6O3. The van der Waals surface area contributed by atoms with Gasteiger partial charge in [-0.25, -0.2) is 14.2 Å². The molecule has 1 aromatic carbocycles. The van der Waals surface area contributed by atoms with E-state index < -0.39 is 11.1 Å². The van der Waals surface area contributed by atoms with Crippen molar-refractivity contribution in [2.45, 2.75) is 58.2 Å². The number of aromatic nitrogens is 3. The standard InChI is InChI=1S/C28H33FN6O3/c1-18-20(6-5-7-23(18)29)16-35-26(37)34(24-9-8-22(19(2)32-24)21-14-30-31-15-21)17-28(35)10-12-33(13-11-28)25(36)27(3,4)38/h5-9,14-15,38H,10-13,16-17H2,1-4H3,(H,30,31). The first kappa shape index (κ1) is 25.8. The van der Waals surface area contributed by atoms with Crippen molar-refractivity contribution in [3.63, 3.8) is 0 Å². The summed E-state index contributed by atoms with van der Waals surface area (Å²) in [5.41, 5.74) is 1.85. The summed E-state index contributed by atoms with van der Waals surface area (Å²) >= 11 is 0. The maximum atomic E-state index is 14.4. The van der Waals surface area contributed by atoms with E-state index in [9.17, 15) is 19.1 Å². The number of urea groups is 1. The van der Waals surface area contributed by atoms with E-state index in [2.05, 4.69) is 10.2 Å². The highest BCUT2D eigenvalue weighted by Crippen LogP contribution is 2.40. The Balaban J connectivity index is 1.47. The second-order valence-electron chi connectivity index (χ2n) is 10.8. The Bertz CT molecular complexity index is 1360. The van der Waals surface area contributed by atoms with Gasteiger partial charge >= 0.3 is 6.03 Å². The summed E-state index contributed by atoms with van der Waals surface area (Å²) in [7, 11) is 0. The molecule has 1 spiro atoms. The molecule has 2 aliphatic rings. The number of halogens is 1. The molecule has 10 heteroatoms. The van der Waals surface area contributed by atoms with Crippen molar-refractivity contribution in [2.24, 2.45) is 0 Å². The Labute approximate surface area is 221 Å². The average Bonchev–Trinajstić information content (AvgIpc) is 3.50. The van der Waals surface area contributed by atoms with Crippen LogP contribution in [0.4, 0.5) is 15.0 Å². The second-order valence-corrected chi connectivity index (χ2v) is 10.8. The van der Waals surface area contributed by atoms with E-state index in [-0.39, 0.29) is 24.3 Å². The number of aryl methyl sites for hydroxylation is 1. The molecule has 38 heavy (non-hydrogen) atoms. The molecule has 9 nitrogen and oxygen atoms in total. The van der Waals surface area contributed by atoms with Crippen molar-refractivity contribution in [3.8, 4) is 11.1 Å². The van der Waals surface area contributed by atoms with Crippen LogP contribution in [0.15, 0.2) is 42.7 Å². The Morgan fingerprint density at radius 1 is 1.18 bits per heavy atom. The van der Waals surface area contributed by atoms with Gasteiger partial charge in [0.2, 0.25) is 0 Å². The van der Waals surface area contributed by atoms with Crippen LogP contribution in [0.5, 0.6) is 0 Å². The van der Waals surface area contributed by atoms with Gasteiger partial charge in [0.25, 0.3) is 5.91 Å². The molecule has 0 saturated carbocycles. The van der Waals surface area contributed by atoms with E-state index in [1.165, 1.54) is 19.9 Å². The van der Waals surface area contributed by atoms with Gasteiger partial charge in [0.15, 0.2) is 0 Å². The van der Waals surface area contributed by atoms with Crippen molar-refractivity contribution in [3.05, 3.63) is 65.4 Å². The lowest BCUT2D eigenvalue weighted by molar-refractivity contribution is -0.150. The number of benzene rings is 1. The molecule has 2 N–H and O–H groups in total. The fraction of sp³-hybridized carbons (Fsp3) is 0.429. The van der Waals surface area contributed by atoms with Crippen LogP contribution in [0.1, 0.15) is 43.5 Å². The SMILES string of the molecule is Cc1nc(N2CC3(CCN(C(=O)C(C)(C)O)CC3)N(Cc3cccc(F)c3C)C2=O)ccc1-c1cn[nH]c1. The number of aliphatic hydroxyl groups is 1. The number of hydrogen-bond donors (Lipinski definition) is 2. The number of amides is 3. The molecule has 3 amide bonds. The first-order valence-corrected chi connectivity index (χ1v) is 12.8. The molecule has 200 valence electrons. The molecular weight excluding hydrogens is 487 g/mol. The summed E-state index contributed by atoms with van der Waals surface area (Å²) in [6.07, 6.45) is 4.60. The number of pyridine rings is 1. The number of H-pyrrole nitrogens is 1. The Morgan fingerprint density at radius 3 is 2.55 bits per heavy atom. The third-order valence-corrected chi connectivity index (χ3v) is 7.86. The van der Waals surface area contributed by atoms with Gasteiger partial charge in [-0.05, 0) is 69.9 Å². The molecule has 0 unspecified atom stereocenters. The van der Waals surface area contributed by atoms with Crippen LogP contribution in [0.3, 0.4) is 0 Å². The number of nitrogens with zero attached hydrogens (tertiary/aromatic N) is 5. The quantitative estimate of drug-likeness (QED) is 0.532. The summed E-state index contributed by atoms with van der Waals surface area (Å²) in [6.45, 7) is 8.08. The fourth-order valence-corrected chi connectivity index (χ4v) is 5.55. The van der Waals surface area contributed by atoms with Crippen molar-refractivity contribution in [1.29, 1.82) is 0 Å². The molecule has 3 aromatic rings. The zero-order valence-corrected chi connectivity index (χ0v) is 22.2. The van der Waals surface area contributed by atoms with Crippen LogP contribution in [-0.4, -0.2) is 72.8 Å². The Morgan fingerprint density at radius 2 is 1.92 bits per heavy atom. The molecule has 2 saturated heterocycles. The van der Waals surface area contributed by atoms with Gasteiger partial charge in [-0.1, -0.05) is 12.1 Å². The van der Waals surface area contributed by atoms with E-state index in [1.807, 2.05) is 30.0 Å². The number of hydrogen-bond acceptors (Lipinski definition) is 5. The number of rotatable bonds is 5. The molecule has 2 fully saturated rings. The third-order valence-electron chi connectivity index (χ3n) is 7.86. The van der Waals surface area contributed by atoms with Crippen LogP contribution in [0.25, 0.3) is 11.1 Å². The average molecular weight is 521 g/mol. The first-order chi connectivity index (χ1) is 18.0. The number of carbonyl (C=O) groups is 2. The minimum absolute atomic E-state index is 0.195. The van der Waals surface area contributed by atoms with Gasteiger partial charge in [0.1, 0.15) is 17.2 Å². The van der Waals surface area contributed by atoms with Crippen molar-refractivity contribution < 1.29 is 19.1 Å². The van der Waals surface area contributed by atoms with Gasteiger partial charge in [-0.2, -0.15) is 5.10 Å². The molecule has 5 rings (SSSR count). The Kier molecular flexibility index (Phi) is 6.46. The lowest BCUT2D eigenvalue weighted by Crippen LogP contribution is -2.57. The number of nitrogens with one attached hydrogen (secondary N) is 1. The molecule has 2 aliphatic heterocycles. The van der Waals surface area contributed by atoms with Crippen LogP contribution < -0.4 is 4.90 Å². The predicted molar refractivity (Wildman–Crippen MR) is 141 cm³/mol. The van der Waals surface area contributed by atoms with E-state index in [1.54, 1.807) is 35.2 Å². The smallest absolute Gasteiger partial charge is 0.326 e. The van der Waals surface area contributed by atoms with Crippen molar-refractivity contribution in [2.75, 3.05) is 24.5 Å². The number of likely N-dealkylation sites (tertiary alicyclic amines) is 1. The zero-order chi connectivity index (χ0) is 27.2. The highest BCUT2D eigenvalue weighted by atomic mass is 19.1. The van der Waals surface area contributed by atoms with E-state index in [4.69, 9.17) is 4.98 Å². The van der Waals surface area contributed by atoms with Gasteiger partial charge in [0.05, 0.1) is 18.3 Å². The summed E-state index contributed by atoms with van der Waals surface area (Å²) in [5, 5.41) is 17.1. The summed E-state index contributed by atoms with van der Waals surface area (Å²) in [6, 6.07) is 8.50. The first-order valence-electron chi connectivity index (χ1n) is 12.8. The van der Waals surface area contributed by atoms with Gasteiger partial charge in [0, 0.05) is 42.7 Å². The van der Waals surface area contributed by atoms with Crippen LogP contribution >= 0.6 is 0 Å². The number of aromatic amines is 1. The lowest BCUT2D eigenvalue weighted by atomic mass is 9.85. The normalized spacial score (nSPS) is 17.5. The minimum Gasteiger partial charge on any atom is -0.381 e. The second kappa shape index (κ2) is 9.50. The molecule has 0 atom stereocenters. The predicted octanol–water partition coefficient (Wildman–Crippen LogP) is 3.80. The summed E-state index contributed by atoms with van der Waals surface area (Å²) in [5.74, 6) is -0.0847. The summed E-state index contributed by atoms with van der Waals surface area (Å²) < 4.78 is 14.4. The van der Waals surface area contributed by atoms with Crippen LogP contribution in [0.2, 0.25) is 0 Å². The third kappa shape index (κ3) is 4.53. The minimum atomic E-state index is -1.46. The number of anilines is 1. The van der Waals surface area contributed by atoms with Gasteiger partial charge in [-0.3, -0.25) is 14.8 Å². The molecule has 4 heterocycles. The number of piperidine rings is 1. The van der Waals surface area contributed by atoms with Crippen LogP contribution in [-0.2, 0) is 11.3 Å². The topological polar surface area (TPSA) is 106 Å². The summed E-state index contributed by atoms with van der Waals surface area (Å²) in [4.78, 5) is 36.6. The fourth-order valence-electron chi connectivity index (χ4n) is 5.55. The maximum Gasteiger partial charge on any atom is 0.326 e. The monoisotopic (exact) mass is 520 g/mol. The van der Waals surface area contributed by atoms with Crippen molar-refractivity contribution >= 4 is 17.8 Å². The van der Waals surface area contributed by atoms with Crippen molar-refractivity contribution in [1.82, 2.24) is 25.0 Å². The largest absolute Gasteiger partial charge is 0.381 e. The molecule has 0 bridgehead atoms. The Hall–Kier alpha value is -3.79. The van der Waals surface area contributed by atoms with E-state index in [0.717, 1.165) is 22.4 Å². The van der Waals surface area contributed by atoms with Gasteiger partial charge in [-0.15, -0.1) is 0 Å². The lowest BCUT2D eigenvalue weighted by Gasteiger charge is -2.44. The molecule has 0 radical (unpaired) electrons. The number of carbonyl (C=O) groups excluding carboxylic acids is 2. The molecule has 2 aromatic heterocycles. The zero-order valence-electron chi connectivity index (χ0n) is 22.2. The van der Waals surface area contributed by atoms with Gasteiger partial charge < -0.3 is 14.9 Å². The highest BCUT2D eigenvalue weighted by Gasteiger charge is 2.52. The maximum absolute atomic E-state index is 14.4. The highest BCUT2D eigenvalue weighted by molar-refractivity contribution is 5.95. The molecule has 0 aliphatic carbocycles. The van der Waals surface area contributed by atoms with Crippen LogP contribution in [0, 0.1) is 19.7 Å². The van der Waals surface area contributed by atoms with E-state index >= 15 is 0 Å².